The molecule has 2 aromatic rings. The van der Waals surface area contributed by atoms with Crippen LogP contribution in [0.4, 0.5) is 0 Å². The van der Waals surface area contributed by atoms with Gasteiger partial charge in [0.05, 0.1) is 6.54 Å². The summed E-state index contributed by atoms with van der Waals surface area (Å²) in [7, 11) is 0. The highest BCUT2D eigenvalue weighted by atomic mass is 16.5. The van der Waals surface area contributed by atoms with Gasteiger partial charge >= 0.3 is 0 Å². The summed E-state index contributed by atoms with van der Waals surface area (Å²) in [5.74, 6) is 1.57. The van der Waals surface area contributed by atoms with Crippen molar-refractivity contribution in [3.63, 3.8) is 0 Å². The van der Waals surface area contributed by atoms with Gasteiger partial charge in [0.15, 0.2) is 5.82 Å². The molecule has 1 aliphatic heterocycles. The number of rotatable bonds is 4. The zero-order valence-electron chi connectivity index (χ0n) is 14.7. The van der Waals surface area contributed by atoms with Crippen molar-refractivity contribution in [2.75, 3.05) is 26.2 Å². The van der Waals surface area contributed by atoms with Gasteiger partial charge in [0.25, 0.3) is 5.91 Å². The van der Waals surface area contributed by atoms with Crippen LogP contribution in [0.3, 0.4) is 0 Å². The van der Waals surface area contributed by atoms with Crippen LogP contribution in [-0.4, -0.2) is 52.0 Å². The molecule has 6 heteroatoms. The number of benzene rings is 1. The van der Waals surface area contributed by atoms with E-state index in [0.29, 0.717) is 12.4 Å². The topological polar surface area (TPSA) is 62.5 Å². The predicted octanol–water partition coefficient (Wildman–Crippen LogP) is 2.08. The van der Waals surface area contributed by atoms with Gasteiger partial charge in [-0.05, 0) is 42.5 Å². The number of aromatic nitrogens is 2. The lowest BCUT2D eigenvalue weighted by atomic mass is 10.1. The van der Waals surface area contributed by atoms with Gasteiger partial charge in [-0.15, -0.1) is 0 Å². The van der Waals surface area contributed by atoms with E-state index in [2.05, 4.69) is 27.2 Å². The highest BCUT2D eigenvalue weighted by Gasteiger charge is 2.24. The van der Waals surface area contributed by atoms with Crippen LogP contribution in [0, 0.1) is 0 Å². The van der Waals surface area contributed by atoms with Crippen LogP contribution in [0.2, 0.25) is 0 Å². The summed E-state index contributed by atoms with van der Waals surface area (Å²) in [5.41, 5.74) is 3.60. The Morgan fingerprint density at radius 3 is 2.72 bits per heavy atom. The quantitative estimate of drug-likeness (QED) is 0.853. The van der Waals surface area contributed by atoms with E-state index in [1.165, 1.54) is 17.5 Å². The highest BCUT2D eigenvalue weighted by molar-refractivity contribution is 5.94. The van der Waals surface area contributed by atoms with Gasteiger partial charge in [-0.1, -0.05) is 18.1 Å². The second-order valence-electron chi connectivity index (χ2n) is 6.86. The van der Waals surface area contributed by atoms with E-state index in [0.717, 1.165) is 56.8 Å². The van der Waals surface area contributed by atoms with Gasteiger partial charge in [-0.3, -0.25) is 9.69 Å². The SMILES string of the molecule is CCc1nc(CN2CCN(C(=O)c3ccc4c(c3)CCC4)CC2)no1. The molecule has 4 rings (SSSR count). The number of hydrogen-bond acceptors (Lipinski definition) is 5. The number of nitrogens with zero attached hydrogens (tertiary/aromatic N) is 4. The fraction of sp³-hybridized carbons (Fsp3) is 0.526. The summed E-state index contributed by atoms with van der Waals surface area (Å²) >= 11 is 0. The van der Waals surface area contributed by atoms with Crippen LogP contribution in [0.1, 0.15) is 46.5 Å². The first kappa shape index (κ1) is 16.3. The minimum absolute atomic E-state index is 0.155. The number of hydrogen-bond donors (Lipinski definition) is 0. The largest absolute Gasteiger partial charge is 0.339 e. The van der Waals surface area contributed by atoms with Crippen molar-refractivity contribution in [2.45, 2.75) is 39.2 Å². The Kier molecular flexibility index (Phi) is 4.53. The Morgan fingerprint density at radius 1 is 1.16 bits per heavy atom. The zero-order chi connectivity index (χ0) is 17.2. The van der Waals surface area contributed by atoms with Gasteiger partial charge in [0.2, 0.25) is 5.89 Å². The molecule has 1 saturated heterocycles. The van der Waals surface area contributed by atoms with E-state index in [1.54, 1.807) is 0 Å². The van der Waals surface area contributed by atoms with Crippen molar-refractivity contribution in [1.82, 2.24) is 19.9 Å². The van der Waals surface area contributed by atoms with Crippen LogP contribution in [0.25, 0.3) is 0 Å². The van der Waals surface area contributed by atoms with Crippen molar-refractivity contribution >= 4 is 5.91 Å². The van der Waals surface area contributed by atoms with Crippen LogP contribution in [0.15, 0.2) is 22.7 Å². The fourth-order valence-electron chi connectivity index (χ4n) is 3.69. The molecule has 1 aromatic heterocycles. The van der Waals surface area contributed by atoms with Gasteiger partial charge in [-0.2, -0.15) is 4.98 Å². The lowest BCUT2D eigenvalue weighted by Gasteiger charge is -2.34. The standard InChI is InChI=1S/C19H24N4O2/c1-2-18-20-17(21-25-18)13-22-8-10-23(11-9-22)19(24)16-7-6-14-4-3-5-15(14)12-16/h6-7,12H,2-5,8-11,13H2,1H3. The first-order chi connectivity index (χ1) is 12.2. The van der Waals surface area contributed by atoms with Crippen LogP contribution >= 0.6 is 0 Å². The second kappa shape index (κ2) is 6.96. The lowest BCUT2D eigenvalue weighted by Crippen LogP contribution is -2.48. The van der Waals surface area contributed by atoms with Gasteiger partial charge in [0, 0.05) is 38.2 Å². The first-order valence-electron chi connectivity index (χ1n) is 9.18. The summed E-state index contributed by atoms with van der Waals surface area (Å²) in [6.45, 7) is 5.85. The number of piperazine rings is 1. The summed E-state index contributed by atoms with van der Waals surface area (Å²) in [5, 5.41) is 4.01. The second-order valence-corrected chi connectivity index (χ2v) is 6.86. The average Bonchev–Trinajstić information content (AvgIpc) is 3.30. The van der Waals surface area contributed by atoms with E-state index in [-0.39, 0.29) is 5.91 Å². The molecule has 2 heterocycles. The van der Waals surface area contributed by atoms with Crippen molar-refractivity contribution in [3.05, 3.63) is 46.6 Å². The zero-order valence-corrected chi connectivity index (χ0v) is 14.7. The number of carbonyl (C=O) groups excluding carboxylic acids is 1. The van der Waals surface area contributed by atoms with E-state index in [1.807, 2.05) is 17.9 Å². The van der Waals surface area contributed by atoms with E-state index in [4.69, 9.17) is 4.52 Å². The Labute approximate surface area is 147 Å². The molecule has 0 saturated carbocycles. The third-order valence-corrected chi connectivity index (χ3v) is 5.18. The number of fused-ring (bicyclic) bond motifs is 1. The maximum atomic E-state index is 12.8. The normalized spacial score (nSPS) is 17.7. The number of amides is 1. The van der Waals surface area contributed by atoms with Crippen molar-refractivity contribution in [2.24, 2.45) is 0 Å². The Morgan fingerprint density at radius 2 is 1.96 bits per heavy atom. The molecule has 0 spiro atoms. The number of aryl methyl sites for hydroxylation is 3. The van der Waals surface area contributed by atoms with Crippen molar-refractivity contribution < 1.29 is 9.32 Å². The van der Waals surface area contributed by atoms with Crippen molar-refractivity contribution in [3.8, 4) is 0 Å². The molecular weight excluding hydrogens is 316 g/mol. The molecule has 0 radical (unpaired) electrons. The Balaban J connectivity index is 1.34. The highest BCUT2D eigenvalue weighted by Crippen LogP contribution is 2.23. The van der Waals surface area contributed by atoms with E-state index >= 15 is 0 Å². The third-order valence-electron chi connectivity index (χ3n) is 5.18. The monoisotopic (exact) mass is 340 g/mol. The molecule has 1 fully saturated rings. The number of carbonyl (C=O) groups is 1. The maximum Gasteiger partial charge on any atom is 0.253 e. The average molecular weight is 340 g/mol. The molecule has 1 aliphatic carbocycles. The van der Waals surface area contributed by atoms with Crippen molar-refractivity contribution in [1.29, 1.82) is 0 Å². The molecule has 1 aromatic carbocycles. The maximum absolute atomic E-state index is 12.8. The minimum atomic E-state index is 0.155. The Bertz CT molecular complexity index is 763. The van der Waals surface area contributed by atoms with Crippen LogP contribution in [0.5, 0.6) is 0 Å². The minimum Gasteiger partial charge on any atom is -0.339 e. The molecule has 0 atom stereocenters. The molecule has 2 aliphatic rings. The summed E-state index contributed by atoms with van der Waals surface area (Å²) < 4.78 is 5.16. The van der Waals surface area contributed by atoms with Gasteiger partial charge < -0.3 is 9.42 Å². The Hall–Kier alpha value is -2.21. The summed E-state index contributed by atoms with van der Waals surface area (Å²) in [6, 6.07) is 6.22. The smallest absolute Gasteiger partial charge is 0.253 e. The fourth-order valence-corrected chi connectivity index (χ4v) is 3.69. The third kappa shape index (κ3) is 3.44. The summed E-state index contributed by atoms with van der Waals surface area (Å²) in [6.07, 6.45) is 4.23. The predicted molar refractivity (Wildman–Crippen MR) is 93.3 cm³/mol. The summed E-state index contributed by atoms with van der Waals surface area (Å²) in [4.78, 5) is 21.4. The van der Waals surface area contributed by atoms with Crippen LogP contribution < -0.4 is 0 Å². The molecule has 0 N–H and O–H groups in total. The molecule has 132 valence electrons. The van der Waals surface area contributed by atoms with Gasteiger partial charge in [-0.25, -0.2) is 0 Å². The van der Waals surface area contributed by atoms with E-state index in [9.17, 15) is 4.79 Å². The molecule has 1 amide bonds. The first-order valence-corrected chi connectivity index (χ1v) is 9.18. The molecular formula is C19H24N4O2. The molecule has 25 heavy (non-hydrogen) atoms. The molecule has 6 nitrogen and oxygen atoms in total. The van der Waals surface area contributed by atoms with Gasteiger partial charge in [0.1, 0.15) is 0 Å². The van der Waals surface area contributed by atoms with E-state index < -0.39 is 0 Å². The molecule has 0 unspecified atom stereocenters. The lowest BCUT2D eigenvalue weighted by molar-refractivity contribution is 0.0624. The van der Waals surface area contributed by atoms with Crippen LogP contribution in [-0.2, 0) is 25.8 Å². The molecule has 0 bridgehead atoms.